The van der Waals surface area contributed by atoms with E-state index in [1.54, 1.807) is 25.4 Å². The number of aryl methyl sites for hydroxylation is 1. The normalized spacial score (nSPS) is 12.1. The average molecular weight is 729 g/mol. The molecular weight excluding hydrogens is 687 g/mol. The number of hydrogen-bond acceptors (Lipinski definition) is 4. The molecule has 0 atom stereocenters. The second kappa shape index (κ2) is 15.0. The van der Waals surface area contributed by atoms with E-state index >= 15 is 0 Å². The van der Waals surface area contributed by atoms with Crippen molar-refractivity contribution in [2.75, 3.05) is 13.7 Å². The highest BCUT2D eigenvalue weighted by atomic mass is 35.5. The minimum absolute atomic E-state index is 0.130. The van der Waals surface area contributed by atoms with Crippen molar-refractivity contribution in [2.24, 2.45) is 0 Å². The molecule has 0 bridgehead atoms. The van der Waals surface area contributed by atoms with Gasteiger partial charge in [0.1, 0.15) is 18.2 Å². The summed E-state index contributed by atoms with van der Waals surface area (Å²) < 4.78 is 30.8. The third-order valence-electron chi connectivity index (χ3n) is 9.64. The van der Waals surface area contributed by atoms with Crippen LogP contribution in [0, 0.1) is 5.82 Å². The molecule has 52 heavy (non-hydrogen) atoms. The molecule has 7 rings (SSSR count). The molecule has 264 valence electrons. The summed E-state index contributed by atoms with van der Waals surface area (Å²) in [6, 6.07) is 41.9. The van der Waals surface area contributed by atoms with Crippen LogP contribution < -0.4 is 10.4 Å². The number of hydrogen-bond donors (Lipinski definition) is 0. The number of ether oxygens (including phenoxy) is 1. The van der Waals surface area contributed by atoms with E-state index in [4.69, 9.17) is 30.8 Å². The Hall–Kier alpha value is -4.86. The van der Waals surface area contributed by atoms with Gasteiger partial charge in [0.2, 0.25) is 0 Å². The van der Waals surface area contributed by atoms with Gasteiger partial charge in [0.05, 0.1) is 27.8 Å². The number of pyridine rings is 1. The van der Waals surface area contributed by atoms with E-state index in [0.29, 0.717) is 36.9 Å². The molecule has 0 amide bonds. The molecule has 3 aromatic heterocycles. The molecule has 9 heteroatoms. The lowest BCUT2D eigenvalue weighted by Crippen LogP contribution is -2.66. The van der Waals surface area contributed by atoms with E-state index in [1.807, 2.05) is 28.9 Å². The average Bonchev–Trinajstić information content (AvgIpc) is 3.70. The van der Waals surface area contributed by atoms with Crippen LogP contribution in [0.1, 0.15) is 32.9 Å². The first-order valence-corrected chi connectivity index (χ1v) is 19.8. The number of rotatable bonds is 12. The van der Waals surface area contributed by atoms with E-state index in [1.165, 1.54) is 22.5 Å². The summed E-state index contributed by atoms with van der Waals surface area (Å²) in [5.74, 6) is -0.320. The van der Waals surface area contributed by atoms with Crippen LogP contribution in [0.5, 0.6) is 0 Å². The van der Waals surface area contributed by atoms with Crippen LogP contribution >= 0.6 is 11.6 Å². The van der Waals surface area contributed by atoms with Crippen molar-refractivity contribution in [3.8, 4) is 28.2 Å². The van der Waals surface area contributed by atoms with E-state index in [9.17, 15) is 4.39 Å². The molecule has 0 radical (unpaired) electrons. The summed E-state index contributed by atoms with van der Waals surface area (Å²) in [5, 5.41) is 8.89. The van der Waals surface area contributed by atoms with Gasteiger partial charge in [-0.1, -0.05) is 123 Å². The number of aromatic nitrogens is 4. The van der Waals surface area contributed by atoms with Gasteiger partial charge in [0.25, 0.3) is 8.32 Å². The molecule has 0 spiro atoms. The lowest BCUT2D eigenvalue weighted by molar-refractivity contribution is 0.135. The van der Waals surface area contributed by atoms with Crippen LogP contribution in [0.15, 0.2) is 134 Å². The highest BCUT2D eigenvalue weighted by molar-refractivity contribution is 6.99. The van der Waals surface area contributed by atoms with E-state index in [0.717, 1.165) is 39.2 Å². The molecule has 3 heterocycles. The molecular formula is C43H42ClFN4O2Si. The Kier molecular flexibility index (Phi) is 10.3. The maximum absolute atomic E-state index is 14.1. The molecule has 0 aliphatic heterocycles. The Morgan fingerprint density at radius 1 is 0.808 bits per heavy atom. The van der Waals surface area contributed by atoms with Crippen LogP contribution in [-0.2, 0) is 22.3 Å². The monoisotopic (exact) mass is 728 g/mol. The smallest absolute Gasteiger partial charge is 0.261 e. The third kappa shape index (κ3) is 6.63. The predicted molar refractivity (Wildman–Crippen MR) is 212 cm³/mol. The summed E-state index contributed by atoms with van der Waals surface area (Å²) >= 11 is 7.36. The van der Waals surface area contributed by atoms with Crippen LogP contribution in [0.2, 0.25) is 10.1 Å². The zero-order valence-corrected chi connectivity index (χ0v) is 31.6. The standard InChI is InChI=1S/C43H42ClFN4O2Si/c1-43(2,3)52(34-17-10-6-11-18-34,35-19-12-7-13-20-35)51-28-14-21-38-40(44)41(49(47-38)33-24-22-32(45)23-25-33)36-26-27-46-42-37(36)29-39(48(42)30-50-4)31-15-8-5-9-16-31/h5-13,15-20,22-27,29H,14,21,28,30H2,1-4H3. The van der Waals surface area contributed by atoms with E-state index in [2.05, 4.69) is 104 Å². The molecule has 0 unspecified atom stereocenters. The zero-order chi connectivity index (χ0) is 36.3. The van der Waals surface area contributed by atoms with Gasteiger partial charge in [-0.15, -0.1) is 0 Å². The van der Waals surface area contributed by atoms with Crippen molar-refractivity contribution < 1.29 is 13.6 Å². The number of fused-ring (bicyclic) bond motifs is 1. The second-order valence-corrected chi connectivity index (χ2v) is 18.6. The molecule has 0 aliphatic carbocycles. The van der Waals surface area contributed by atoms with Gasteiger partial charge in [0.15, 0.2) is 0 Å². The summed E-state index contributed by atoms with van der Waals surface area (Å²) in [5.41, 5.74) is 5.83. The SMILES string of the molecule is COCn1c(-c2ccccc2)cc2c(-c3c(Cl)c(CCCO[Si](c4ccccc4)(c4ccccc4)C(C)(C)C)nn3-c3ccc(F)cc3)ccnc21. The summed E-state index contributed by atoms with van der Waals surface area (Å²) in [6.45, 7) is 7.70. The lowest BCUT2D eigenvalue weighted by atomic mass is 10.1. The minimum atomic E-state index is -2.70. The Morgan fingerprint density at radius 2 is 1.42 bits per heavy atom. The number of benzene rings is 4. The Balaban J connectivity index is 1.28. The largest absolute Gasteiger partial charge is 0.407 e. The van der Waals surface area contributed by atoms with Gasteiger partial charge in [0, 0.05) is 30.9 Å². The fraction of sp³-hybridized carbons (Fsp3) is 0.209. The molecule has 0 saturated heterocycles. The summed E-state index contributed by atoms with van der Waals surface area (Å²) in [6.07, 6.45) is 3.08. The van der Waals surface area contributed by atoms with Gasteiger partial charge in [-0.25, -0.2) is 14.1 Å². The molecule has 0 aliphatic rings. The molecule has 4 aromatic carbocycles. The van der Waals surface area contributed by atoms with Crippen molar-refractivity contribution in [3.05, 3.63) is 150 Å². The predicted octanol–water partition coefficient (Wildman–Crippen LogP) is 9.46. The van der Waals surface area contributed by atoms with Crippen LogP contribution in [-0.4, -0.2) is 41.4 Å². The molecule has 0 N–H and O–H groups in total. The van der Waals surface area contributed by atoms with Crippen LogP contribution in [0.25, 0.3) is 39.2 Å². The minimum Gasteiger partial charge on any atom is -0.407 e. The first kappa shape index (κ1) is 35.5. The van der Waals surface area contributed by atoms with E-state index in [-0.39, 0.29) is 10.9 Å². The number of halogens is 2. The Morgan fingerprint density at radius 3 is 2.02 bits per heavy atom. The van der Waals surface area contributed by atoms with Crippen molar-refractivity contribution in [1.29, 1.82) is 0 Å². The quantitative estimate of drug-likeness (QED) is 0.0930. The topological polar surface area (TPSA) is 54.1 Å². The number of nitrogens with zero attached hydrogens (tertiary/aromatic N) is 4. The van der Waals surface area contributed by atoms with Gasteiger partial charge in [-0.2, -0.15) is 5.10 Å². The Labute approximate surface area is 310 Å². The van der Waals surface area contributed by atoms with E-state index < -0.39 is 8.32 Å². The van der Waals surface area contributed by atoms with Crippen LogP contribution in [0.4, 0.5) is 4.39 Å². The maximum Gasteiger partial charge on any atom is 0.261 e. The third-order valence-corrected chi connectivity index (χ3v) is 15.1. The second-order valence-electron chi connectivity index (χ2n) is 13.9. The lowest BCUT2D eigenvalue weighted by Gasteiger charge is -2.43. The highest BCUT2D eigenvalue weighted by Gasteiger charge is 2.50. The first-order chi connectivity index (χ1) is 25.2. The zero-order valence-electron chi connectivity index (χ0n) is 29.9. The van der Waals surface area contributed by atoms with Crippen molar-refractivity contribution >= 4 is 41.3 Å². The first-order valence-electron chi connectivity index (χ1n) is 17.5. The molecule has 0 saturated carbocycles. The van der Waals surface area contributed by atoms with Crippen molar-refractivity contribution in [2.45, 2.75) is 45.4 Å². The molecule has 6 nitrogen and oxygen atoms in total. The van der Waals surface area contributed by atoms with Gasteiger partial charge in [-0.3, -0.25) is 0 Å². The summed E-state index contributed by atoms with van der Waals surface area (Å²) in [4.78, 5) is 4.78. The van der Waals surface area contributed by atoms with Crippen LogP contribution in [0.3, 0.4) is 0 Å². The van der Waals surface area contributed by atoms with Gasteiger partial charge < -0.3 is 13.7 Å². The molecule has 0 fully saturated rings. The summed E-state index contributed by atoms with van der Waals surface area (Å²) in [7, 11) is -1.02. The molecule has 7 aromatic rings. The fourth-order valence-corrected chi connectivity index (χ4v) is 12.2. The van der Waals surface area contributed by atoms with Gasteiger partial charge >= 0.3 is 0 Å². The van der Waals surface area contributed by atoms with Crippen molar-refractivity contribution in [1.82, 2.24) is 19.3 Å². The van der Waals surface area contributed by atoms with Crippen molar-refractivity contribution in [3.63, 3.8) is 0 Å². The van der Waals surface area contributed by atoms with Gasteiger partial charge in [-0.05, 0) is 70.2 Å². The maximum atomic E-state index is 14.1. The number of methoxy groups -OCH3 is 1. The Bertz CT molecular complexity index is 2230. The highest BCUT2D eigenvalue weighted by Crippen LogP contribution is 2.40. The fourth-order valence-electron chi connectivity index (χ4n) is 7.29.